The molecule has 1 heterocycles. The van der Waals surface area contributed by atoms with Gasteiger partial charge in [0, 0.05) is 6.07 Å². The fraction of sp³-hybridized carbons (Fsp3) is 0.231. The molecule has 0 amide bonds. The van der Waals surface area contributed by atoms with E-state index in [-0.39, 0.29) is 0 Å². The zero-order valence-corrected chi connectivity index (χ0v) is 10.5. The summed E-state index contributed by atoms with van der Waals surface area (Å²) in [5.41, 5.74) is 1.27. The van der Waals surface area contributed by atoms with Crippen LogP contribution in [-0.4, -0.2) is 9.97 Å². The second-order valence-electron chi connectivity index (χ2n) is 3.68. The standard InChI is InChI=1S/C13H13ClN2O/c1-3-10-4-6-11(7-5-10)17-13-8-12(14)15-9(2)16-13/h4-8H,3H2,1-2H3. The average molecular weight is 249 g/mol. The zero-order valence-electron chi connectivity index (χ0n) is 9.77. The van der Waals surface area contributed by atoms with Crippen molar-refractivity contribution in [2.24, 2.45) is 0 Å². The van der Waals surface area contributed by atoms with Crippen molar-refractivity contribution < 1.29 is 4.74 Å². The Morgan fingerprint density at radius 2 is 1.88 bits per heavy atom. The summed E-state index contributed by atoms with van der Waals surface area (Å²) >= 11 is 5.83. The van der Waals surface area contributed by atoms with Gasteiger partial charge in [0.05, 0.1) is 0 Å². The summed E-state index contributed by atoms with van der Waals surface area (Å²) in [4.78, 5) is 8.13. The summed E-state index contributed by atoms with van der Waals surface area (Å²) < 4.78 is 5.60. The Kier molecular flexibility index (Phi) is 3.59. The second-order valence-corrected chi connectivity index (χ2v) is 4.06. The molecule has 0 radical (unpaired) electrons. The molecule has 4 heteroatoms. The molecule has 0 saturated carbocycles. The molecule has 1 aromatic carbocycles. The van der Waals surface area contributed by atoms with E-state index >= 15 is 0 Å². The second kappa shape index (κ2) is 5.15. The number of hydrogen-bond donors (Lipinski definition) is 0. The maximum Gasteiger partial charge on any atom is 0.224 e. The molecule has 0 N–H and O–H groups in total. The predicted octanol–water partition coefficient (Wildman–Crippen LogP) is 3.79. The number of ether oxygens (including phenoxy) is 1. The molecule has 0 aliphatic carbocycles. The van der Waals surface area contributed by atoms with Crippen LogP contribution in [-0.2, 0) is 6.42 Å². The lowest BCUT2D eigenvalue weighted by Gasteiger charge is -2.06. The summed E-state index contributed by atoms with van der Waals surface area (Å²) in [5.74, 6) is 1.81. The van der Waals surface area contributed by atoms with Crippen LogP contribution in [0.2, 0.25) is 5.15 Å². The highest BCUT2D eigenvalue weighted by molar-refractivity contribution is 6.29. The first-order chi connectivity index (χ1) is 8.17. The van der Waals surface area contributed by atoms with E-state index in [1.165, 1.54) is 5.56 Å². The lowest BCUT2D eigenvalue weighted by atomic mass is 10.2. The normalized spacial score (nSPS) is 10.3. The molecule has 3 nitrogen and oxygen atoms in total. The van der Waals surface area contributed by atoms with Crippen LogP contribution < -0.4 is 4.74 Å². The van der Waals surface area contributed by atoms with Gasteiger partial charge in [0.2, 0.25) is 5.88 Å². The molecule has 17 heavy (non-hydrogen) atoms. The minimum atomic E-state index is 0.387. The Hall–Kier alpha value is -1.61. The molecule has 1 aromatic heterocycles. The molecular weight excluding hydrogens is 236 g/mol. The third kappa shape index (κ3) is 3.17. The SMILES string of the molecule is CCc1ccc(Oc2cc(Cl)nc(C)n2)cc1. The third-order valence-electron chi connectivity index (χ3n) is 2.34. The van der Waals surface area contributed by atoms with Gasteiger partial charge in [-0.15, -0.1) is 0 Å². The van der Waals surface area contributed by atoms with E-state index in [0.717, 1.165) is 12.2 Å². The molecule has 0 atom stereocenters. The van der Waals surface area contributed by atoms with Gasteiger partial charge >= 0.3 is 0 Å². The Morgan fingerprint density at radius 3 is 2.47 bits per heavy atom. The van der Waals surface area contributed by atoms with E-state index in [2.05, 4.69) is 16.9 Å². The van der Waals surface area contributed by atoms with Crippen LogP contribution in [0.25, 0.3) is 0 Å². The van der Waals surface area contributed by atoms with Crippen LogP contribution in [0.4, 0.5) is 0 Å². The fourth-order valence-corrected chi connectivity index (χ4v) is 1.69. The third-order valence-corrected chi connectivity index (χ3v) is 2.53. The predicted molar refractivity (Wildman–Crippen MR) is 67.7 cm³/mol. The highest BCUT2D eigenvalue weighted by Gasteiger charge is 2.02. The number of aromatic nitrogens is 2. The van der Waals surface area contributed by atoms with Crippen LogP contribution in [0.15, 0.2) is 30.3 Å². The number of hydrogen-bond acceptors (Lipinski definition) is 3. The number of halogens is 1. The molecule has 0 aliphatic heterocycles. The van der Waals surface area contributed by atoms with Gasteiger partial charge < -0.3 is 4.74 Å². The number of aryl methyl sites for hydroxylation is 2. The van der Waals surface area contributed by atoms with Crippen molar-refractivity contribution in [2.75, 3.05) is 0 Å². The quantitative estimate of drug-likeness (QED) is 0.775. The Bertz CT molecular complexity index is 491. The van der Waals surface area contributed by atoms with Gasteiger partial charge in [0.25, 0.3) is 0 Å². The van der Waals surface area contributed by atoms with E-state index in [1.807, 2.05) is 24.3 Å². The van der Waals surface area contributed by atoms with Crippen molar-refractivity contribution in [2.45, 2.75) is 20.3 Å². The maximum absolute atomic E-state index is 5.83. The number of rotatable bonds is 3. The van der Waals surface area contributed by atoms with Crippen LogP contribution in [0.3, 0.4) is 0 Å². The monoisotopic (exact) mass is 248 g/mol. The van der Waals surface area contributed by atoms with Gasteiger partial charge in [0.1, 0.15) is 16.7 Å². The van der Waals surface area contributed by atoms with Gasteiger partial charge in [-0.25, -0.2) is 4.98 Å². The van der Waals surface area contributed by atoms with Crippen molar-refractivity contribution in [3.8, 4) is 11.6 Å². The minimum absolute atomic E-state index is 0.387. The summed E-state index contributed by atoms with van der Waals surface area (Å²) in [7, 11) is 0. The minimum Gasteiger partial charge on any atom is -0.439 e. The molecule has 0 saturated heterocycles. The van der Waals surface area contributed by atoms with Crippen LogP contribution in [0, 0.1) is 6.92 Å². The molecule has 0 unspecified atom stereocenters. The lowest BCUT2D eigenvalue weighted by molar-refractivity contribution is 0.459. The van der Waals surface area contributed by atoms with Crippen molar-refractivity contribution in [3.63, 3.8) is 0 Å². The molecule has 0 fully saturated rings. The summed E-state index contributed by atoms with van der Waals surface area (Å²) in [5, 5.41) is 0.387. The Balaban J connectivity index is 2.19. The van der Waals surface area contributed by atoms with Crippen molar-refractivity contribution in [1.82, 2.24) is 9.97 Å². The van der Waals surface area contributed by atoms with Crippen LogP contribution in [0.1, 0.15) is 18.3 Å². The lowest BCUT2D eigenvalue weighted by Crippen LogP contribution is -1.93. The molecule has 2 rings (SSSR count). The number of benzene rings is 1. The molecule has 0 bridgehead atoms. The first-order valence-electron chi connectivity index (χ1n) is 5.45. The zero-order chi connectivity index (χ0) is 12.3. The Morgan fingerprint density at radius 1 is 1.18 bits per heavy atom. The number of nitrogens with zero attached hydrogens (tertiary/aromatic N) is 2. The Labute approximate surface area is 105 Å². The van der Waals surface area contributed by atoms with E-state index in [1.54, 1.807) is 13.0 Å². The van der Waals surface area contributed by atoms with Crippen molar-refractivity contribution in [3.05, 3.63) is 46.9 Å². The summed E-state index contributed by atoms with van der Waals surface area (Å²) in [6, 6.07) is 9.51. The van der Waals surface area contributed by atoms with Gasteiger partial charge in [0.15, 0.2) is 0 Å². The van der Waals surface area contributed by atoms with Crippen molar-refractivity contribution in [1.29, 1.82) is 0 Å². The molecule has 2 aromatic rings. The fourth-order valence-electron chi connectivity index (χ4n) is 1.47. The molecule has 0 aliphatic rings. The first-order valence-corrected chi connectivity index (χ1v) is 5.83. The van der Waals surface area contributed by atoms with Gasteiger partial charge in [-0.2, -0.15) is 4.98 Å². The van der Waals surface area contributed by atoms with E-state index in [9.17, 15) is 0 Å². The smallest absolute Gasteiger partial charge is 0.224 e. The molecule has 88 valence electrons. The summed E-state index contributed by atoms with van der Waals surface area (Å²) in [6.07, 6.45) is 1.01. The highest BCUT2D eigenvalue weighted by atomic mass is 35.5. The van der Waals surface area contributed by atoms with Crippen LogP contribution in [0.5, 0.6) is 11.6 Å². The first kappa shape index (κ1) is 11.9. The molecular formula is C13H13ClN2O. The molecule has 0 spiro atoms. The van der Waals surface area contributed by atoms with Crippen molar-refractivity contribution >= 4 is 11.6 Å². The maximum atomic E-state index is 5.83. The van der Waals surface area contributed by atoms with E-state index < -0.39 is 0 Å². The van der Waals surface area contributed by atoms with E-state index in [4.69, 9.17) is 16.3 Å². The topological polar surface area (TPSA) is 35.0 Å². The van der Waals surface area contributed by atoms with Crippen LogP contribution >= 0.6 is 11.6 Å². The van der Waals surface area contributed by atoms with E-state index in [0.29, 0.717) is 16.9 Å². The van der Waals surface area contributed by atoms with Gasteiger partial charge in [-0.3, -0.25) is 0 Å². The highest BCUT2D eigenvalue weighted by Crippen LogP contribution is 2.22. The average Bonchev–Trinajstić information content (AvgIpc) is 2.28. The van der Waals surface area contributed by atoms with Gasteiger partial charge in [-0.1, -0.05) is 30.7 Å². The largest absolute Gasteiger partial charge is 0.439 e. The summed E-state index contributed by atoms with van der Waals surface area (Å²) in [6.45, 7) is 3.89. The van der Waals surface area contributed by atoms with Gasteiger partial charge in [-0.05, 0) is 31.0 Å².